The van der Waals surface area contributed by atoms with Crippen LogP contribution in [0.2, 0.25) is 0 Å². The molecule has 1 aliphatic rings. The number of aromatic nitrogens is 1. The number of benzene rings is 1. The second kappa shape index (κ2) is 16.5. The highest BCUT2D eigenvalue weighted by atomic mass is 16.5. The first-order valence-corrected chi connectivity index (χ1v) is 12.8. The Morgan fingerprint density at radius 3 is 2.33 bits per heavy atom. The molecule has 2 heterocycles. The summed E-state index contributed by atoms with van der Waals surface area (Å²) >= 11 is 0. The fourth-order valence-electron chi connectivity index (χ4n) is 4.12. The summed E-state index contributed by atoms with van der Waals surface area (Å²) in [6, 6.07) is 5.63. The van der Waals surface area contributed by atoms with E-state index in [9.17, 15) is 4.79 Å². The van der Waals surface area contributed by atoms with Crippen LogP contribution >= 0.6 is 0 Å². The maximum Gasteiger partial charge on any atom is 0.248 e. The van der Waals surface area contributed by atoms with Gasteiger partial charge in [-0.2, -0.15) is 0 Å². The average molecular weight is 463 g/mol. The minimum atomic E-state index is -0.0757. The summed E-state index contributed by atoms with van der Waals surface area (Å²) in [6.45, 7) is 17.7. The van der Waals surface area contributed by atoms with E-state index in [2.05, 4.69) is 23.7 Å². The van der Waals surface area contributed by atoms with Crippen LogP contribution in [-0.2, 0) is 4.74 Å². The van der Waals surface area contributed by atoms with Gasteiger partial charge in [0.2, 0.25) is 5.56 Å². The molecule has 6 nitrogen and oxygen atoms in total. The molecular formula is C27H46N2O4. The molecule has 0 aliphatic carbocycles. The van der Waals surface area contributed by atoms with E-state index < -0.39 is 0 Å². The van der Waals surface area contributed by atoms with Crippen LogP contribution in [0.25, 0.3) is 10.9 Å². The number of hydrogen-bond donors (Lipinski definition) is 1. The van der Waals surface area contributed by atoms with Crippen LogP contribution in [0.15, 0.2) is 23.0 Å². The van der Waals surface area contributed by atoms with Gasteiger partial charge in [0.05, 0.1) is 19.2 Å². The van der Waals surface area contributed by atoms with Crippen molar-refractivity contribution in [2.45, 2.75) is 73.1 Å². The van der Waals surface area contributed by atoms with E-state index >= 15 is 0 Å². The van der Waals surface area contributed by atoms with Gasteiger partial charge in [-0.1, -0.05) is 41.5 Å². The summed E-state index contributed by atoms with van der Waals surface area (Å²) < 4.78 is 17.1. The molecule has 0 bridgehead atoms. The maximum absolute atomic E-state index is 12.3. The fourth-order valence-corrected chi connectivity index (χ4v) is 4.12. The van der Waals surface area contributed by atoms with E-state index in [1.165, 1.54) is 0 Å². The van der Waals surface area contributed by atoms with Gasteiger partial charge in [-0.05, 0) is 56.3 Å². The van der Waals surface area contributed by atoms with Crippen LogP contribution in [0.3, 0.4) is 0 Å². The number of pyridine rings is 1. The Hall–Kier alpha value is -2.05. The minimum Gasteiger partial charge on any atom is -0.493 e. The number of hydrogen-bond acceptors (Lipinski definition) is 5. The highest BCUT2D eigenvalue weighted by Gasteiger charge is 2.20. The number of rotatable bonds is 10. The van der Waals surface area contributed by atoms with Crippen molar-refractivity contribution in [2.75, 3.05) is 46.6 Å². The lowest BCUT2D eigenvalue weighted by molar-refractivity contribution is 0.0856. The first-order valence-electron chi connectivity index (χ1n) is 12.8. The zero-order valence-electron chi connectivity index (χ0n) is 22.0. The second-order valence-electron chi connectivity index (χ2n) is 7.66. The minimum absolute atomic E-state index is 0.0757. The fraction of sp³-hybridized carbons (Fsp3) is 0.667. The summed E-state index contributed by atoms with van der Waals surface area (Å²) in [4.78, 5) is 17.7. The van der Waals surface area contributed by atoms with Crippen molar-refractivity contribution in [1.29, 1.82) is 0 Å². The molecule has 1 aliphatic heterocycles. The summed E-state index contributed by atoms with van der Waals surface area (Å²) in [6.07, 6.45) is 3.99. The Morgan fingerprint density at radius 2 is 1.73 bits per heavy atom. The SMILES string of the molecule is CC.CC.CCCN(CC)CCCOc1cc2[nH]c(=O)cc(C3CCOCC3)c2cc1OC. The van der Waals surface area contributed by atoms with Gasteiger partial charge in [0.25, 0.3) is 0 Å². The number of nitrogens with one attached hydrogen (secondary N) is 1. The van der Waals surface area contributed by atoms with E-state index in [4.69, 9.17) is 14.2 Å². The number of ether oxygens (including phenoxy) is 3. The van der Waals surface area contributed by atoms with Gasteiger partial charge >= 0.3 is 0 Å². The zero-order valence-corrected chi connectivity index (χ0v) is 22.0. The standard InChI is InChI=1S/C23H34N2O4.2C2H6/c1-4-9-25(5-2)10-6-11-29-22-16-20-19(14-21(22)27-3)18(15-23(26)24-20)17-7-12-28-13-8-17;2*1-2/h14-17H,4-13H2,1-3H3,(H,24,26);2*1-2H3. The van der Waals surface area contributed by atoms with Crippen molar-refractivity contribution >= 4 is 10.9 Å². The number of H-pyrrole nitrogens is 1. The number of methoxy groups -OCH3 is 1. The van der Waals surface area contributed by atoms with E-state index in [0.29, 0.717) is 24.0 Å². The molecule has 6 heteroatoms. The smallest absolute Gasteiger partial charge is 0.248 e. The molecule has 188 valence electrons. The number of nitrogens with zero attached hydrogens (tertiary/aromatic N) is 1. The lowest BCUT2D eigenvalue weighted by atomic mass is 9.89. The topological polar surface area (TPSA) is 63.8 Å². The normalized spacial score (nSPS) is 13.7. The molecule has 0 spiro atoms. The number of aromatic amines is 1. The Kier molecular flexibility index (Phi) is 14.5. The Balaban J connectivity index is 0.00000129. The summed E-state index contributed by atoms with van der Waals surface area (Å²) in [5.41, 5.74) is 1.80. The van der Waals surface area contributed by atoms with Crippen LogP contribution in [0.5, 0.6) is 11.5 Å². The molecule has 1 saturated heterocycles. The second-order valence-corrected chi connectivity index (χ2v) is 7.66. The van der Waals surface area contributed by atoms with Gasteiger partial charge in [-0.3, -0.25) is 4.79 Å². The molecule has 0 atom stereocenters. The van der Waals surface area contributed by atoms with Crippen LogP contribution in [0.1, 0.15) is 78.7 Å². The molecule has 0 amide bonds. The molecule has 0 unspecified atom stereocenters. The summed E-state index contributed by atoms with van der Waals surface area (Å²) in [5.74, 6) is 1.72. The van der Waals surface area contributed by atoms with Crippen molar-refractivity contribution in [3.05, 3.63) is 34.1 Å². The van der Waals surface area contributed by atoms with Crippen LogP contribution in [0.4, 0.5) is 0 Å². The zero-order chi connectivity index (χ0) is 24.6. The van der Waals surface area contributed by atoms with Gasteiger partial charge in [0.15, 0.2) is 11.5 Å². The molecule has 2 aromatic rings. The molecule has 3 rings (SSSR count). The third kappa shape index (κ3) is 8.67. The molecule has 1 aromatic carbocycles. The van der Waals surface area contributed by atoms with E-state index in [1.54, 1.807) is 13.2 Å². The van der Waals surface area contributed by atoms with Gasteiger partial charge in [0, 0.05) is 37.3 Å². The van der Waals surface area contributed by atoms with E-state index in [0.717, 1.165) is 75.0 Å². The van der Waals surface area contributed by atoms with Crippen LogP contribution < -0.4 is 15.0 Å². The average Bonchev–Trinajstić information content (AvgIpc) is 2.87. The highest BCUT2D eigenvalue weighted by molar-refractivity contribution is 5.86. The predicted octanol–water partition coefficient (Wildman–Crippen LogP) is 5.98. The van der Waals surface area contributed by atoms with E-state index in [-0.39, 0.29) is 5.56 Å². The lowest BCUT2D eigenvalue weighted by Gasteiger charge is -2.24. The van der Waals surface area contributed by atoms with Gasteiger partial charge in [-0.25, -0.2) is 0 Å². The molecule has 0 saturated carbocycles. The van der Waals surface area contributed by atoms with Gasteiger partial charge in [-0.15, -0.1) is 0 Å². The predicted molar refractivity (Wildman–Crippen MR) is 139 cm³/mol. The molecule has 1 fully saturated rings. The van der Waals surface area contributed by atoms with Gasteiger partial charge in [0.1, 0.15) is 0 Å². The quantitative estimate of drug-likeness (QED) is 0.440. The Morgan fingerprint density at radius 1 is 1.03 bits per heavy atom. The van der Waals surface area contributed by atoms with Crippen molar-refractivity contribution < 1.29 is 14.2 Å². The van der Waals surface area contributed by atoms with Crippen molar-refractivity contribution in [1.82, 2.24) is 9.88 Å². The summed E-state index contributed by atoms with van der Waals surface area (Å²) in [5, 5.41) is 1.03. The first kappa shape index (κ1) is 29.0. The molecular weight excluding hydrogens is 416 g/mol. The maximum atomic E-state index is 12.3. The molecule has 1 N–H and O–H groups in total. The highest BCUT2D eigenvalue weighted by Crippen LogP contribution is 2.37. The van der Waals surface area contributed by atoms with Crippen LogP contribution in [-0.4, -0.2) is 56.4 Å². The third-order valence-electron chi connectivity index (χ3n) is 5.68. The van der Waals surface area contributed by atoms with Crippen LogP contribution in [0, 0.1) is 0 Å². The lowest BCUT2D eigenvalue weighted by Crippen LogP contribution is -2.26. The van der Waals surface area contributed by atoms with Crippen molar-refractivity contribution in [2.24, 2.45) is 0 Å². The van der Waals surface area contributed by atoms with Gasteiger partial charge < -0.3 is 24.1 Å². The van der Waals surface area contributed by atoms with Crippen molar-refractivity contribution in [3.63, 3.8) is 0 Å². The van der Waals surface area contributed by atoms with Crippen molar-refractivity contribution in [3.8, 4) is 11.5 Å². The summed E-state index contributed by atoms with van der Waals surface area (Å²) in [7, 11) is 1.66. The van der Waals surface area contributed by atoms with E-state index in [1.807, 2.05) is 39.8 Å². The Labute approximate surface area is 200 Å². The molecule has 1 aromatic heterocycles. The number of fused-ring (bicyclic) bond motifs is 1. The first-order chi connectivity index (χ1) is 16.2. The largest absolute Gasteiger partial charge is 0.493 e. The monoisotopic (exact) mass is 462 g/mol. The molecule has 0 radical (unpaired) electrons. The third-order valence-corrected chi connectivity index (χ3v) is 5.68. The molecule has 33 heavy (non-hydrogen) atoms. The Bertz CT molecular complexity index is 844.